The Morgan fingerprint density at radius 2 is 2.19 bits per heavy atom. The third-order valence-electron chi connectivity index (χ3n) is 2.59. The number of halogens is 1. The largest absolute Gasteiger partial charge is 0.381 e. The van der Waals surface area contributed by atoms with Gasteiger partial charge in [0.2, 0.25) is 0 Å². The number of anilines is 2. The van der Waals surface area contributed by atoms with Crippen molar-refractivity contribution in [3.63, 3.8) is 0 Å². The van der Waals surface area contributed by atoms with Crippen molar-refractivity contribution in [1.29, 1.82) is 0 Å². The fourth-order valence-electron chi connectivity index (χ4n) is 1.67. The average Bonchev–Trinajstić information content (AvgIpc) is 2.47. The monoisotopic (exact) mass is 307 g/mol. The first-order chi connectivity index (χ1) is 10.0. The summed E-state index contributed by atoms with van der Waals surface area (Å²) in [5, 5.41) is 23.5. The van der Waals surface area contributed by atoms with E-state index in [0.29, 0.717) is 0 Å². The van der Waals surface area contributed by atoms with Crippen molar-refractivity contribution in [3.8, 4) is 0 Å². The zero-order valence-electron chi connectivity index (χ0n) is 10.8. The van der Waals surface area contributed by atoms with Gasteiger partial charge in [-0.3, -0.25) is 14.9 Å². The highest BCUT2D eigenvalue weighted by molar-refractivity contribution is 6.34. The molecule has 0 aliphatic heterocycles. The molecule has 0 atom stereocenters. The molecule has 0 bridgehead atoms. The molecule has 0 aliphatic rings. The molecule has 1 aromatic heterocycles. The highest BCUT2D eigenvalue weighted by Gasteiger charge is 2.20. The number of nitrogens with one attached hydrogen (secondary N) is 2. The van der Waals surface area contributed by atoms with Crippen LogP contribution in [0.15, 0.2) is 30.5 Å². The van der Waals surface area contributed by atoms with E-state index in [4.69, 9.17) is 11.6 Å². The molecule has 0 aliphatic carbocycles. The van der Waals surface area contributed by atoms with E-state index in [0.717, 1.165) is 6.07 Å². The maximum atomic E-state index is 12.1. The molecule has 2 aromatic rings. The molecule has 0 saturated heterocycles. The molecule has 108 valence electrons. The van der Waals surface area contributed by atoms with Crippen LogP contribution in [0.4, 0.5) is 17.2 Å². The highest BCUT2D eigenvalue weighted by atomic mass is 35.5. The Morgan fingerprint density at radius 1 is 1.43 bits per heavy atom. The summed E-state index contributed by atoms with van der Waals surface area (Å²) in [5.74, 6) is -0.331. The Hall–Kier alpha value is -2.74. The summed E-state index contributed by atoms with van der Waals surface area (Å²) in [6, 6.07) is 5.63. The van der Waals surface area contributed by atoms with Crippen LogP contribution in [0.3, 0.4) is 0 Å². The minimum atomic E-state index is -0.614. The van der Waals surface area contributed by atoms with E-state index in [9.17, 15) is 14.9 Å². The van der Waals surface area contributed by atoms with Crippen LogP contribution in [0.1, 0.15) is 10.4 Å². The molecule has 0 saturated carbocycles. The highest BCUT2D eigenvalue weighted by Crippen LogP contribution is 2.33. The standard InChI is InChI=1S/C12H10ClN5O3/c1-14-11-8(13)5-7(6-9(11)18(20)21)12(19)16-10-3-2-4-15-17-10/h2-6,14H,1H3,(H,16,17,19). The minimum absolute atomic E-state index is 0.0522. The maximum Gasteiger partial charge on any atom is 0.294 e. The van der Waals surface area contributed by atoms with Crippen LogP contribution in [0.25, 0.3) is 0 Å². The Balaban J connectivity index is 2.36. The van der Waals surface area contributed by atoms with E-state index in [1.165, 1.54) is 19.3 Å². The zero-order valence-corrected chi connectivity index (χ0v) is 11.6. The molecular formula is C12H10ClN5O3. The summed E-state index contributed by atoms with van der Waals surface area (Å²) in [6.07, 6.45) is 1.46. The number of hydrogen-bond acceptors (Lipinski definition) is 6. The van der Waals surface area contributed by atoms with E-state index in [2.05, 4.69) is 20.8 Å². The summed E-state index contributed by atoms with van der Waals surface area (Å²) in [4.78, 5) is 22.5. The van der Waals surface area contributed by atoms with Gasteiger partial charge in [0.25, 0.3) is 11.6 Å². The van der Waals surface area contributed by atoms with Gasteiger partial charge in [0, 0.05) is 24.9 Å². The van der Waals surface area contributed by atoms with Gasteiger partial charge in [-0.2, -0.15) is 5.10 Å². The van der Waals surface area contributed by atoms with Crippen molar-refractivity contribution in [1.82, 2.24) is 10.2 Å². The lowest BCUT2D eigenvalue weighted by atomic mass is 10.1. The Bertz CT molecular complexity index is 693. The van der Waals surface area contributed by atoms with Crippen LogP contribution in [0.5, 0.6) is 0 Å². The number of nitro groups is 1. The summed E-state index contributed by atoms with van der Waals surface area (Å²) in [6.45, 7) is 0. The summed E-state index contributed by atoms with van der Waals surface area (Å²) >= 11 is 5.95. The molecule has 2 rings (SSSR count). The molecule has 2 N–H and O–H groups in total. The molecule has 0 unspecified atom stereocenters. The lowest BCUT2D eigenvalue weighted by molar-refractivity contribution is -0.383. The number of carbonyl (C=O) groups excluding carboxylic acids is 1. The number of nitro benzene ring substituents is 1. The molecule has 21 heavy (non-hydrogen) atoms. The van der Waals surface area contributed by atoms with Gasteiger partial charge in [0.05, 0.1) is 9.95 Å². The van der Waals surface area contributed by atoms with Gasteiger partial charge < -0.3 is 10.6 Å². The Kier molecular flexibility index (Phi) is 4.29. The number of benzene rings is 1. The molecule has 8 nitrogen and oxygen atoms in total. The van der Waals surface area contributed by atoms with E-state index in [-0.39, 0.29) is 27.8 Å². The molecule has 0 radical (unpaired) electrons. The first-order valence-corrected chi connectivity index (χ1v) is 6.15. The smallest absolute Gasteiger partial charge is 0.294 e. The normalized spacial score (nSPS) is 10.0. The average molecular weight is 308 g/mol. The van der Waals surface area contributed by atoms with Gasteiger partial charge in [-0.05, 0) is 18.2 Å². The quantitative estimate of drug-likeness (QED) is 0.662. The van der Waals surface area contributed by atoms with Crippen LogP contribution in [0.2, 0.25) is 5.02 Å². The predicted molar refractivity (Wildman–Crippen MR) is 77.6 cm³/mol. The topological polar surface area (TPSA) is 110 Å². The number of hydrogen-bond donors (Lipinski definition) is 2. The fourth-order valence-corrected chi connectivity index (χ4v) is 1.98. The molecular weight excluding hydrogens is 298 g/mol. The molecule has 1 aromatic carbocycles. The van der Waals surface area contributed by atoms with Crippen molar-refractivity contribution < 1.29 is 9.72 Å². The van der Waals surface area contributed by atoms with E-state index >= 15 is 0 Å². The van der Waals surface area contributed by atoms with E-state index in [1.807, 2.05) is 0 Å². The van der Waals surface area contributed by atoms with Crippen molar-refractivity contribution >= 4 is 34.7 Å². The SMILES string of the molecule is CNc1c(Cl)cc(C(=O)Nc2cccnn2)cc1[N+](=O)[O-]. The van der Waals surface area contributed by atoms with Crippen LogP contribution in [-0.2, 0) is 0 Å². The third-order valence-corrected chi connectivity index (χ3v) is 2.89. The summed E-state index contributed by atoms with van der Waals surface area (Å²) in [7, 11) is 1.51. The summed E-state index contributed by atoms with van der Waals surface area (Å²) in [5.41, 5.74) is -0.0802. The van der Waals surface area contributed by atoms with Crippen molar-refractivity contribution in [2.24, 2.45) is 0 Å². The molecule has 0 fully saturated rings. The summed E-state index contributed by atoms with van der Waals surface area (Å²) < 4.78 is 0. The number of carbonyl (C=O) groups is 1. The number of aromatic nitrogens is 2. The predicted octanol–water partition coefficient (Wildman–Crippen LogP) is 2.33. The fraction of sp³-hybridized carbons (Fsp3) is 0.0833. The Labute approximate surface area is 124 Å². The second-order valence-corrected chi connectivity index (χ2v) is 4.33. The number of rotatable bonds is 4. The van der Waals surface area contributed by atoms with E-state index < -0.39 is 10.8 Å². The first kappa shape index (κ1) is 14.7. The molecule has 9 heteroatoms. The van der Waals surface area contributed by atoms with Crippen LogP contribution >= 0.6 is 11.6 Å². The van der Waals surface area contributed by atoms with Gasteiger partial charge in [0.1, 0.15) is 5.69 Å². The van der Waals surface area contributed by atoms with Crippen molar-refractivity contribution in [2.45, 2.75) is 0 Å². The Morgan fingerprint density at radius 3 is 2.76 bits per heavy atom. The van der Waals surface area contributed by atoms with Crippen LogP contribution < -0.4 is 10.6 Å². The lowest BCUT2D eigenvalue weighted by Gasteiger charge is -2.08. The maximum absolute atomic E-state index is 12.1. The van der Waals surface area contributed by atoms with Crippen molar-refractivity contribution in [2.75, 3.05) is 17.7 Å². The first-order valence-electron chi connectivity index (χ1n) is 5.77. The zero-order chi connectivity index (χ0) is 15.4. The molecule has 1 heterocycles. The second kappa shape index (κ2) is 6.14. The molecule has 1 amide bonds. The van der Waals surface area contributed by atoms with Crippen LogP contribution in [0, 0.1) is 10.1 Å². The second-order valence-electron chi connectivity index (χ2n) is 3.92. The molecule has 0 spiro atoms. The van der Waals surface area contributed by atoms with E-state index in [1.54, 1.807) is 12.1 Å². The van der Waals surface area contributed by atoms with Gasteiger partial charge in [-0.1, -0.05) is 11.6 Å². The van der Waals surface area contributed by atoms with Gasteiger partial charge in [0.15, 0.2) is 5.82 Å². The van der Waals surface area contributed by atoms with Crippen molar-refractivity contribution in [3.05, 3.63) is 51.2 Å². The van der Waals surface area contributed by atoms with Gasteiger partial charge >= 0.3 is 0 Å². The number of nitrogens with zero attached hydrogens (tertiary/aromatic N) is 3. The van der Waals surface area contributed by atoms with Gasteiger partial charge in [-0.25, -0.2) is 0 Å². The number of amides is 1. The lowest BCUT2D eigenvalue weighted by Crippen LogP contribution is -2.14. The van der Waals surface area contributed by atoms with Crippen LogP contribution in [-0.4, -0.2) is 28.1 Å². The van der Waals surface area contributed by atoms with Gasteiger partial charge in [-0.15, -0.1) is 5.10 Å². The minimum Gasteiger partial charge on any atom is -0.381 e. The third kappa shape index (κ3) is 3.23.